The van der Waals surface area contributed by atoms with E-state index in [0.717, 1.165) is 38.1 Å². The Balaban J connectivity index is 0. The molecule has 0 fully saturated rings. The van der Waals surface area contributed by atoms with E-state index in [0.29, 0.717) is 12.8 Å². The Labute approximate surface area is 144 Å². The van der Waals surface area contributed by atoms with Gasteiger partial charge in [-0.05, 0) is 33.6 Å². The molecule has 0 radical (unpaired) electrons. The van der Waals surface area contributed by atoms with E-state index in [-0.39, 0.29) is 6.61 Å². The lowest BCUT2D eigenvalue weighted by Crippen LogP contribution is -2.27. The van der Waals surface area contributed by atoms with Crippen LogP contribution in [0.3, 0.4) is 0 Å². The van der Waals surface area contributed by atoms with Crippen LogP contribution in [-0.4, -0.2) is 35.5 Å². The molecule has 0 aliphatic heterocycles. The molecule has 0 aromatic rings. The quantitative estimate of drug-likeness (QED) is 0.541. The van der Waals surface area contributed by atoms with Gasteiger partial charge in [0.05, 0.1) is 6.61 Å². The summed E-state index contributed by atoms with van der Waals surface area (Å²) < 4.78 is 49.6. The van der Waals surface area contributed by atoms with Crippen LogP contribution in [0, 0.1) is 0 Å². The summed E-state index contributed by atoms with van der Waals surface area (Å²) in [5.74, 6) is 0. The number of aliphatic hydroxyl groups is 1. The molecule has 0 saturated carbocycles. The first kappa shape index (κ1) is 25.2. The molecule has 0 aliphatic rings. The first-order valence-electron chi connectivity index (χ1n) is 8.38. The highest BCUT2D eigenvalue weighted by Gasteiger charge is 2.30. The van der Waals surface area contributed by atoms with Crippen LogP contribution in [0.5, 0.6) is 0 Å². The van der Waals surface area contributed by atoms with E-state index in [1.54, 1.807) is 27.0 Å². The number of alkyl halides is 4. The number of allylic oxidation sites excluding steroid dienone is 3. The summed E-state index contributed by atoms with van der Waals surface area (Å²) in [5, 5.41) is 8.77. The summed E-state index contributed by atoms with van der Waals surface area (Å²) in [7, 11) is 1.59. The monoisotopic (exact) mass is 355 g/mol. The number of hydrogen-bond donors (Lipinski definition) is 1. The molecular weight excluding hydrogens is 322 g/mol. The van der Waals surface area contributed by atoms with Crippen molar-refractivity contribution in [1.29, 1.82) is 0 Å². The summed E-state index contributed by atoms with van der Waals surface area (Å²) in [6.45, 7) is 8.24. The average Bonchev–Trinajstić information content (AvgIpc) is 2.52. The fraction of sp³-hybridized carbons (Fsp3) is 0.778. The van der Waals surface area contributed by atoms with Crippen molar-refractivity contribution >= 4 is 0 Å². The Morgan fingerprint density at radius 1 is 1.04 bits per heavy atom. The summed E-state index contributed by atoms with van der Waals surface area (Å²) in [6, 6.07) is 0. The van der Waals surface area contributed by atoms with Crippen molar-refractivity contribution in [2.75, 3.05) is 13.7 Å². The van der Waals surface area contributed by atoms with Gasteiger partial charge in [0, 0.05) is 24.5 Å². The van der Waals surface area contributed by atoms with Crippen molar-refractivity contribution in [3.63, 3.8) is 0 Å². The molecule has 1 unspecified atom stereocenters. The normalized spacial score (nSPS) is 15.5. The van der Waals surface area contributed by atoms with E-state index in [1.165, 1.54) is 4.90 Å². The zero-order valence-corrected chi connectivity index (χ0v) is 15.8. The fourth-order valence-electron chi connectivity index (χ4n) is 1.89. The third kappa shape index (κ3) is 11.5. The predicted octanol–water partition coefficient (Wildman–Crippen LogP) is 5.99. The zero-order chi connectivity index (χ0) is 19.4. The van der Waals surface area contributed by atoms with Crippen LogP contribution in [0.15, 0.2) is 23.5 Å². The Kier molecular flexibility index (Phi) is 13.0. The fourth-order valence-corrected chi connectivity index (χ4v) is 1.89. The van der Waals surface area contributed by atoms with Gasteiger partial charge < -0.3 is 10.0 Å². The highest BCUT2D eigenvalue weighted by Crippen LogP contribution is 2.25. The van der Waals surface area contributed by atoms with Gasteiger partial charge in [-0.25, -0.2) is 4.39 Å². The standard InChI is InChI=1S/C9H14F3N.C9H19FO/c1-5-8(3)13(4)6-7(2)9(10,11)12;1-3-5-7-9(10,8-11)6-4-2/h5-6H,1-4H3;11H,3-8H2,1-2H3/b7-6+,8-5-;. The summed E-state index contributed by atoms with van der Waals surface area (Å²) >= 11 is 0. The third-order valence-electron chi connectivity index (χ3n) is 3.77. The Morgan fingerprint density at radius 3 is 1.92 bits per heavy atom. The van der Waals surface area contributed by atoms with E-state index in [9.17, 15) is 17.6 Å². The van der Waals surface area contributed by atoms with E-state index in [1.807, 2.05) is 13.8 Å². The van der Waals surface area contributed by atoms with Gasteiger partial charge in [-0.1, -0.05) is 39.2 Å². The molecule has 2 nitrogen and oxygen atoms in total. The number of unbranched alkanes of at least 4 members (excludes halogenated alkanes) is 1. The summed E-state index contributed by atoms with van der Waals surface area (Å²) in [6.07, 6.45) is 2.27. The first-order valence-corrected chi connectivity index (χ1v) is 8.38. The van der Waals surface area contributed by atoms with E-state index in [2.05, 4.69) is 0 Å². The summed E-state index contributed by atoms with van der Waals surface area (Å²) in [5.41, 5.74) is -1.12. The summed E-state index contributed by atoms with van der Waals surface area (Å²) in [4.78, 5) is 1.45. The molecule has 0 rings (SSSR count). The molecule has 1 N–H and O–H groups in total. The molecule has 0 aromatic heterocycles. The lowest BCUT2D eigenvalue weighted by Gasteiger charge is -2.21. The van der Waals surface area contributed by atoms with Gasteiger partial charge in [0.2, 0.25) is 0 Å². The van der Waals surface area contributed by atoms with Gasteiger partial charge >= 0.3 is 6.18 Å². The number of rotatable bonds is 8. The minimum absolute atomic E-state index is 0.319. The molecule has 0 heterocycles. The predicted molar refractivity (Wildman–Crippen MR) is 92.4 cm³/mol. The van der Waals surface area contributed by atoms with Crippen LogP contribution in [0.2, 0.25) is 0 Å². The minimum Gasteiger partial charge on any atom is -0.393 e. The second-order valence-corrected chi connectivity index (χ2v) is 6.01. The van der Waals surface area contributed by atoms with Crippen molar-refractivity contribution < 1.29 is 22.7 Å². The molecule has 0 aromatic carbocycles. The second kappa shape index (κ2) is 12.3. The third-order valence-corrected chi connectivity index (χ3v) is 3.77. The van der Waals surface area contributed by atoms with Crippen molar-refractivity contribution in [2.24, 2.45) is 0 Å². The molecule has 1 atom stereocenters. The van der Waals surface area contributed by atoms with Crippen LogP contribution in [0.1, 0.15) is 66.7 Å². The van der Waals surface area contributed by atoms with Gasteiger partial charge in [0.1, 0.15) is 5.67 Å². The maximum absolute atomic E-state index is 13.5. The number of nitrogens with zero attached hydrogens (tertiary/aromatic N) is 1. The molecule has 0 aliphatic carbocycles. The molecule has 24 heavy (non-hydrogen) atoms. The largest absolute Gasteiger partial charge is 0.413 e. The Morgan fingerprint density at radius 2 is 1.58 bits per heavy atom. The lowest BCUT2D eigenvalue weighted by molar-refractivity contribution is -0.0922. The van der Waals surface area contributed by atoms with Crippen LogP contribution in [-0.2, 0) is 0 Å². The van der Waals surface area contributed by atoms with E-state index < -0.39 is 17.4 Å². The number of halogens is 4. The van der Waals surface area contributed by atoms with Gasteiger partial charge in [0.15, 0.2) is 0 Å². The van der Waals surface area contributed by atoms with Crippen LogP contribution >= 0.6 is 0 Å². The van der Waals surface area contributed by atoms with Crippen molar-refractivity contribution in [3.05, 3.63) is 23.5 Å². The van der Waals surface area contributed by atoms with Crippen LogP contribution in [0.25, 0.3) is 0 Å². The Hall–Kier alpha value is -1.04. The first-order chi connectivity index (χ1) is 11.0. The zero-order valence-electron chi connectivity index (χ0n) is 15.8. The highest BCUT2D eigenvalue weighted by atomic mass is 19.4. The molecule has 0 bridgehead atoms. The van der Waals surface area contributed by atoms with Gasteiger partial charge in [-0.15, -0.1) is 0 Å². The second-order valence-electron chi connectivity index (χ2n) is 6.01. The molecule has 144 valence electrons. The molecule has 0 amide bonds. The number of aliphatic hydroxyl groups excluding tert-OH is 1. The van der Waals surface area contributed by atoms with Crippen LogP contribution in [0.4, 0.5) is 17.6 Å². The average molecular weight is 355 g/mol. The molecule has 0 spiro atoms. The van der Waals surface area contributed by atoms with Gasteiger partial charge in [-0.3, -0.25) is 0 Å². The van der Waals surface area contributed by atoms with E-state index >= 15 is 0 Å². The van der Waals surface area contributed by atoms with E-state index in [4.69, 9.17) is 5.11 Å². The minimum atomic E-state index is -4.23. The lowest BCUT2D eigenvalue weighted by atomic mass is 9.95. The maximum Gasteiger partial charge on any atom is 0.413 e. The Bertz CT molecular complexity index is 391. The SMILES string of the molecule is C/C=C(/C)N(C)/C=C(\C)C(F)(F)F.CCCCC(F)(CO)CCC. The number of hydrogen-bond acceptors (Lipinski definition) is 2. The van der Waals surface area contributed by atoms with Crippen molar-refractivity contribution in [1.82, 2.24) is 4.90 Å². The molecule has 6 heteroatoms. The van der Waals surface area contributed by atoms with Gasteiger partial charge in [-0.2, -0.15) is 13.2 Å². The molecular formula is C18H33F4NO. The van der Waals surface area contributed by atoms with Crippen molar-refractivity contribution in [2.45, 2.75) is 78.6 Å². The highest BCUT2D eigenvalue weighted by molar-refractivity contribution is 5.09. The van der Waals surface area contributed by atoms with Crippen LogP contribution < -0.4 is 0 Å². The van der Waals surface area contributed by atoms with Crippen molar-refractivity contribution in [3.8, 4) is 0 Å². The molecule has 0 saturated heterocycles. The maximum atomic E-state index is 13.5. The van der Waals surface area contributed by atoms with Gasteiger partial charge in [0.25, 0.3) is 0 Å². The smallest absolute Gasteiger partial charge is 0.393 e. The topological polar surface area (TPSA) is 23.5 Å².